The minimum Gasteiger partial charge on any atom is -0.381 e. The molecule has 1 aromatic rings. The van der Waals surface area contributed by atoms with Crippen LogP contribution in [0.1, 0.15) is 17.7 Å². The number of rotatable bonds is 7. The molecule has 1 aromatic heterocycles. The summed E-state index contributed by atoms with van der Waals surface area (Å²) in [7, 11) is 0. The molecule has 3 rings (SSSR count). The highest BCUT2D eigenvalue weighted by Crippen LogP contribution is 2.22. The van der Waals surface area contributed by atoms with Crippen LogP contribution in [-0.4, -0.2) is 62.9 Å². The average molecular weight is 338 g/mol. The van der Waals surface area contributed by atoms with Gasteiger partial charge < -0.3 is 14.8 Å². The van der Waals surface area contributed by atoms with E-state index in [1.165, 1.54) is 4.88 Å². The summed E-state index contributed by atoms with van der Waals surface area (Å²) in [6, 6.07) is 4.49. The van der Waals surface area contributed by atoms with Gasteiger partial charge in [-0.1, -0.05) is 6.07 Å². The van der Waals surface area contributed by atoms with Gasteiger partial charge in [0.15, 0.2) is 0 Å². The summed E-state index contributed by atoms with van der Waals surface area (Å²) in [4.78, 5) is 15.9. The fourth-order valence-corrected chi connectivity index (χ4v) is 4.07. The van der Waals surface area contributed by atoms with E-state index in [9.17, 15) is 4.79 Å². The summed E-state index contributed by atoms with van der Waals surface area (Å²) in [6.07, 6.45) is 2.49. The SMILES string of the molecule is O=C(CCc1cccs1)NC[C@@H]([C@@H]1CCOC1)N1CCOCC1. The van der Waals surface area contributed by atoms with Gasteiger partial charge in [0, 0.05) is 49.5 Å². The first-order valence-electron chi connectivity index (χ1n) is 8.51. The van der Waals surface area contributed by atoms with Crippen LogP contribution in [0.3, 0.4) is 0 Å². The van der Waals surface area contributed by atoms with Gasteiger partial charge in [0.25, 0.3) is 0 Å². The number of hydrogen-bond acceptors (Lipinski definition) is 5. The van der Waals surface area contributed by atoms with E-state index in [1.807, 2.05) is 6.07 Å². The van der Waals surface area contributed by atoms with E-state index in [1.54, 1.807) is 11.3 Å². The summed E-state index contributed by atoms with van der Waals surface area (Å²) in [6.45, 7) is 5.85. The van der Waals surface area contributed by atoms with Crippen LogP contribution in [0.15, 0.2) is 17.5 Å². The van der Waals surface area contributed by atoms with Crippen molar-refractivity contribution >= 4 is 17.2 Å². The topological polar surface area (TPSA) is 50.8 Å². The lowest BCUT2D eigenvalue weighted by Gasteiger charge is -2.37. The van der Waals surface area contributed by atoms with E-state index in [2.05, 4.69) is 21.7 Å². The number of thiophene rings is 1. The van der Waals surface area contributed by atoms with Gasteiger partial charge in [0.05, 0.1) is 19.8 Å². The first kappa shape index (κ1) is 16.9. The van der Waals surface area contributed by atoms with Gasteiger partial charge in [0.1, 0.15) is 0 Å². The second-order valence-electron chi connectivity index (χ2n) is 6.22. The smallest absolute Gasteiger partial charge is 0.220 e. The third kappa shape index (κ3) is 5.01. The van der Waals surface area contributed by atoms with Crippen molar-refractivity contribution in [3.63, 3.8) is 0 Å². The highest BCUT2D eigenvalue weighted by molar-refractivity contribution is 7.09. The molecular formula is C17H26N2O3S. The fraction of sp³-hybridized carbons (Fsp3) is 0.706. The lowest BCUT2D eigenvalue weighted by molar-refractivity contribution is -0.121. The minimum absolute atomic E-state index is 0.149. The lowest BCUT2D eigenvalue weighted by Crippen LogP contribution is -2.52. The van der Waals surface area contributed by atoms with E-state index in [0.29, 0.717) is 18.4 Å². The van der Waals surface area contributed by atoms with Crippen molar-refractivity contribution in [2.24, 2.45) is 5.92 Å². The number of nitrogens with one attached hydrogen (secondary N) is 1. The molecule has 2 aliphatic rings. The molecule has 0 aromatic carbocycles. The Kier molecular flexibility index (Phi) is 6.45. The molecule has 2 saturated heterocycles. The van der Waals surface area contributed by atoms with Crippen molar-refractivity contribution in [2.75, 3.05) is 46.1 Å². The molecule has 2 aliphatic heterocycles. The predicted molar refractivity (Wildman–Crippen MR) is 90.8 cm³/mol. The van der Waals surface area contributed by atoms with Gasteiger partial charge in [-0.3, -0.25) is 9.69 Å². The molecule has 0 bridgehead atoms. The van der Waals surface area contributed by atoms with E-state index in [-0.39, 0.29) is 5.91 Å². The Morgan fingerprint density at radius 1 is 1.35 bits per heavy atom. The van der Waals surface area contributed by atoms with Crippen molar-refractivity contribution in [3.05, 3.63) is 22.4 Å². The maximum absolute atomic E-state index is 12.2. The van der Waals surface area contributed by atoms with Crippen molar-refractivity contribution in [1.82, 2.24) is 10.2 Å². The van der Waals surface area contributed by atoms with Crippen molar-refractivity contribution in [1.29, 1.82) is 0 Å². The van der Waals surface area contributed by atoms with Crippen LogP contribution in [0, 0.1) is 5.92 Å². The fourth-order valence-electron chi connectivity index (χ4n) is 3.36. The molecule has 1 amide bonds. The average Bonchev–Trinajstić information content (AvgIpc) is 3.28. The molecule has 3 heterocycles. The second-order valence-corrected chi connectivity index (χ2v) is 7.26. The molecule has 5 nitrogen and oxygen atoms in total. The Morgan fingerprint density at radius 3 is 2.91 bits per heavy atom. The normalized spacial score (nSPS) is 23.7. The van der Waals surface area contributed by atoms with Crippen LogP contribution >= 0.6 is 11.3 Å². The zero-order valence-corrected chi connectivity index (χ0v) is 14.4. The molecule has 2 atom stereocenters. The zero-order chi connectivity index (χ0) is 15.9. The molecule has 1 N–H and O–H groups in total. The molecule has 0 unspecified atom stereocenters. The lowest BCUT2D eigenvalue weighted by atomic mass is 9.97. The predicted octanol–water partition coefficient (Wildman–Crippen LogP) is 1.53. The van der Waals surface area contributed by atoms with Gasteiger partial charge in [-0.2, -0.15) is 0 Å². The van der Waals surface area contributed by atoms with Crippen molar-refractivity contribution in [2.45, 2.75) is 25.3 Å². The zero-order valence-electron chi connectivity index (χ0n) is 13.5. The maximum atomic E-state index is 12.2. The second kappa shape index (κ2) is 8.78. The van der Waals surface area contributed by atoms with Crippen LogP contribution in [-0.2, 0) is 20.7 Å². The molecular weight excluding hydrogens is 312 g/mol. The Balaban J connectivity index is 1.47. The molecule has 0 spiro atoms. The molecule has 23 heavy (non-hydrogen) atoms. The van der Waals surface area contributed by atoms with E-state index in [4.69, 9.17) is 9.47 Å². The monoisotopic (exact) mass is 338 g/mol. The number of nitrogens with zero attached hydrogens (tertiary/aromatic N) is 1. The minimum atomic E-state index is 0.149. The maximum Gasteiger partial charge on any atom is 0.220 e. The highest BCUT2D eigenvalue weighted by atomic mass is 32.1. The largest absolute Gasteiger partial charge is 0.381 e. The molecule has 0 radical (unpaired) electrons. The quantitative estimate of drug-likeness (QED) is 0.819. The number of amides is 1. The Morgan fingerprint density at radius 2 is 2.22 bits per heavy atom. The van der Waals surface area contributed by atoms with Gasteiger partial charge in [-0.25, -0.2) is 0 Å². The molecule has 6 heteroatoms. The summed E-state index contributed by atoms with van der Waals surface area (Å²) < 4.78 is 11.0. The standard InChI is InChI=1S/C17H26N2O3S/c20-17(4-3-15-2-1-11-23-15)18-12-16(14-5-8-22-13-14)19-6-9-21-10-7-19/h1-2,11,14,16H,3-10,12-13H2,(H,18,20)/t14-,16+/m1/s1. The van der Waals surface area contributed by atoms with Crippen molar-refractivity contribution in [3.8, 4) is 0 Å². The number of aryl methyl sites for hydroxylation is 1. The summed E-state index contributed by atoms with van der Waals surface area (Å²) in [5.41, 5.74) is 0. The summed E-state index contributed by atoms with van der Waals surface area (Å²) in [5, 5.41) is 5.20. The summed E-state index contributed by atoms with van der Waals surface area (Å²) in [5.74, 6) is 0.668. The third-order valence-corrected chi connectivity index (χ3v) is 5.65. The molecule has 0 aliphatic carbocycles. The van der Waals surface area contributed by atoms with Crippen LogP contribution in [0.4, 0.5) is 0 Å². The van der Waals surface area contributed by atoms with E-state index >= 15 is 0 Å². The number of carbonyl (C=O) groups is 1. The number of carbonyl (C=O) groups excluding carboxylic acids is 1. The first-order valence-corrected chi connectivity index (χ1v) is 9.39. The number of morpholine rings is 1. The van der Waals surface area contributed by atoms with Crippen LogP contribution in [0.2, 0.25) is 0 Å². The molecule has 2 fully saturated rings. The Labute approximate surface area is 142 Å². The van der Waals surface area contributed by atoms with Gasteiger partial charge in [-0.15, -0.1) is 11.3 Å². The highest BCUT2D eigenvalue weighted by Gasteiger charge is 2.31. The van der Waals surface area contributed by atoms with Crippen LogP contribution < -0.4 is 5.32 Å². The van der Waals surface area contributed by atoms with Crippen LogP contribution in [0.25, 0.3) is 0 Å². The van der Waals surface area contributed by atoms with Crippen molar-refractivity contribution < 1.29 is 14.3 Å². The Bertz CT molecular complexity index is 468. The number of ether oxygens (including phenoxy) is 2. The Hall–Kier alpha value is -0.950. The van der Waals surface area contributed by atoms with Crippen LogP contribution in [0.5, 0.6) is 0 Å². The summed E-state index contributed by atoms with van der Waals surface area (Å²) >= 11 is 1.71. The van der Waals surface area contributed by atoms with Gasteiger partial charge in [0.2, 0.25) is 5.91 Å². The van der Waals surface area contributed by atoms with Gasteiger partial charge >= 0.3 is 0 Å². The first-order chi connectivity index (χ1) is 11.3. The third-order valence-electron chi connectivity index (χ3n) is 4.71. The molecule has 0 saturated carbocycles. The van der Waals surface area contributed by atoms with E-state index in [0.717, 1.165) is 58.9 Å². The molecule has 128 valence electrons. The van der Waals surface area contributed by atoms with Gasteiger partial charge in [-0.05, 0) is 24.3 Å². The van der Waals surface area contributed by atoms with E-state index < -0.39 is 0 Å². The number of hydrogen-bond donors (Lipinski definition) is 1.